The van der Waals surface area contributed by atoms with Crippen molar-refractivity contribution in [3.63, 3.8) is 0 Å². The Kier molecular flexibility index (Phi) is 5.44. The average Bonchev–Trinajstić information content (AvgIpc) is 3.34. The van der Waals surface area contributed by atoms with Gasteiger partial charge in [0, 0.05) is 34.0 Å². The van der Waals surface area contributed by atoms with Crippen LogP contribution < -0.4 is 4.57 Å². The Bertz CT molecular complexity index is 1920. The molecular weight excluding hydrogens is 482 g/mol. The van der Waals surface area contributed by atoms with Crippen LogP contribution in [0.4, 0.5) is 0 Å². The Hall–Kier alpha value is -5.23. The van der Waals surface area contributed by atoms with Crippen molar-refractivity contribution in [1.29, 1.82) is 0 Å². The molecule has 0 saturated carbocycles. The average molecular weight is 507 g/mol. The smallest absolute Gasteiger partial charge is 0.227 e. The van der Waals surface area contributed by atoms with Crippen LogP contribution in [0.2, 0.25) is 0 Å². The van der Waals surface area contributed by atoms with Crippen molar-refractivity contribution in [2.24, 2.45) is 7.05 Å². The summed E-state index contributed by atoms with van der Waals surface area (Å²) < 4.78 is 8.42. The standard InChI is InChI=1S/C33H24N5O/c1-21-19-26-24-16-17-27(34-33(24)39-29(26)20-25(21)28-15-9-10-18-38(28)2)32-36-30(22-11-5-3-6-12-22)35-31(37-32)23-13-7-4-8-14-23/h3-20H,1-2H3/q+1. The third kappa shape index (κ3) is 4.12. The van der Waals surface area contributed by atoms with E-state index in [9.17, 15) is 0 Å². The normalized spacial score (nSPS) is 11.3. The second-order valence-electron chi connectivity index (χ2n) is 9.55. The fourth-order valence-electron chi connectivity index (χ4n) is 4.94. The highest BCUT2D eigenvalue weighted by Gasteiger charge is 2.18. The molecular formula is C33H24N5O+. The first-order valence-corrected chi connectivity index (χ1v) is 12.8. The van der Waals surface area contributed by atoms with E-state index in [2.05, 4.69) is 29.7 Å². The van der Waals surface area contributed by atoms with Gasteiger partial charge in [0.05, 0.1) is 5.56 Å². The molecule has 0 amide bonds. The monoisotopic (exact) mass is 506 g/mol. The number of aromatic nitrogens is 5. The summed E-state index contributed by atoms with van der Waals surface area (Å²) in [4.78, 5) is 19.3. The molecule has 0 bridgehead atoms. The van der Waals surface area contributed by atoms with Crippen LogP contribution in [0.15, 0.2) is 114 Å². The first-order valence-electron chi connectivity index (χ1n) is 12.8. The van der Waals surface area contributed by atoms with Crippen molar-refractivity contribution in [3.05, 3.63) is 115 Å². The molecule has 0 spiro atoms. The Morgan fingerprint density at radius 3 is 1.92 bits per heavy atom. The Balaban J connectivity index is 1.38. The quantitative estimate of drug-likeness (QED) is 0.241. The molecule has 0 aliphatic heterocycles. The van der Waals surface area contributed by atoms with E-state index in [1.54, 1.807) is 0 Å². The van der Waals surface area contributed by atoms with Crippen molar-refractivity contribution in [1.82, 2.24) is 19.9 Å². The first kappa shape index (κ1) is 22.9. The maximum Gasteiger partial charge on any atom is 0.227 e. The van der Waals surface area contributed by atoms with Gasteiger partial charge < -0.3 is 4.42 Å². The zero-order valence-electron chi connectivity index (χ0n) is 21.5. The minimum atomic E-state index is 0.498. The Labute approximate surface area is 225 Å². The third-order valence-corrected chi connectivity index (χ3v) is 6.94. The highest BCUT2D eigenvalue weighted by atomic mass is 16.3. The molecule has 4 aromatic heterocycles. The first-order chi connectivity index (χ1) is 19.1. The highest BCUT2D eigenvalue weighted by Crippen LogP contribution is 2.34. The summed E-state index contributed by atoms with van der Waals surface area (Å²) in [6.07, 6.45) is 2.05. The van der Waals surface area contributed by atoms with E-state index in [0.717, 1.165) is 38.7 Å². The van der Waals surface area contributed by atoms with Crippen LogP contribution in [-0.2, 0) is 7.05 Å². The molecule has 0 radical (unpaired) electrons. The van der Waals surface area contributed by atoms with E-state index in [4.69, 9.17) is 24.4 Å². The minimum absolute atomic E-state index is 0.498. The van der Waals surface area contributed by atoms with Crippen molar-refractivity contribution < 1.29 is 8.98 Å². The van der Waals surface area contributed by atoms with Crippen molar-refractivity contribution >= 4 is 22.1 Å². The lowest BCUT2D eigenvalue weighted by atomic mass is 10.0. The van der Waals surface area contributed by atoms with E-state index in [1.165, 1.54) is 5.56 Å². The third-order valence-electron chi connectivity index (χ3n) is 6.94. The van der Waals surface area contributed by atoms with Crippen molar-refractivity contribution in [2.45, 2.75) is 6.92 Å². The molecule has 0 atom stereocenters. The van der Waals surface area contributed by atoms with Crippen molar-refractivity contribution in [3.8, 4) is 45.6 Å². The van der Waals surface area contributed by atoms with Crippen LogP contribution in [0.5, 0.6) is 0 Å². The number of pyridine rings is 2. The number of nitrogens with zero attached hydrogens (tertiary/aromatic N) is 5. The summed E-state index contributed by atoms with van der Waals surface area (Å²) in [5, 5.41) is 2.00. The molecule has 0 fully saturated rings. The minimum Gasteiger partial charge on any atom is -0.438 e. The molecule has 0 aliphatic carbocycles. The SMILES string of the molecule is Cc1cc2c(cc1-c1cccc[n+]1C)oc1nc(-c3nc(-c4ccccc4)nc(-c4ccccc4)n3)ccc12. The van der Waals surface area contributed by atoms with Crippen LogP contribution in [0.25, 0.3) is 67.6 Å². The van der Waals surface area contributed by atoms with Crippen molar-refractivity contribution in [2.75, 3.05) is 0 Å². The molecule has 0 unspecified atom stereocenters. The van der Waals surface area contributed by atoms with Gasteiger partial charge in [0.25, 0.3) is 0 Å². The van der Waals surface area contributed by atoms with Gasteiger partial charge in [-0.05, 0) is 42.8 Å². The van der Waals surface area contributed by atoms with Crippen LogP contribution in [0.3, 0.4) is 0 Å². The van der Waals surface area contributed by atoms with Gasteiger partial charge in [0.1, 0.15) is 18.3 Å². The summed E-state index contributed by atoms with van der Waals surface area (Å²) in [5.41, 5.74) is 7.24. The molecule has 186 valence electrons. The van der Waals surface area contributed by atoms with Crippen LogP contribution in [0.1, 0.15) is 5.56 Å². The topological polar surface area (TPSA) is 68.6 Å². The molecule has 4 heterocycles. The molecule has 3 aromatic carbocycles. The lowest BCUT2D eigenvalue weighted by Crippen LogP contribution is -2.30. The number of furan rings is 1. The summed E-state index contributed by atoms with van der Waals surface area (Å²) in [6, 6.07) is 34.3. The maximum absolute atomic E-state index is 6.31. The lowest BCUT2D eigenvalue weighted by Gasteiger charge is -2.07. The largest absolute Gasteiger partial charge is 0.438 e. The van der Waals surface area contributed by atoms with Gasteiger partial charge in [-0.25, -0.2) is 24.5 Å². The number of hydrogen-bond donors (Lipinski definition) is 0. The van der Waals surface area contributed by atoms with Crippen LogP contribution in [-0.4, -0.2) is 19.9 Å². The predicted octanol–water partition coefficient (Wildman–Crippen LogP) is 6.97. The Morgan fingerprint density at radius 1 is 0.615 bits per heavy atom. The van der Waals surface area contributed by atoms with E-state index in [0.29, 0.717) is 28.9 Å². The van der Waals surface area contributed by atoms with Gasteiger partial charge in [-0.15, -0.1) is 0 Å². The summed E-state index contributed by atoms with van der Waals surface area (Å²) in [6.45, 7) is 2.13. The number of aryl methyl sites for hydroxylation is 2. The summed E-state index contributed by atoms with van der Waals surface area (Å²) >= 11 is 0. The van der Waals surface area contributed by atoms with E-state index in [-0.39, 0.29) is 0 Å². The fourth-order valence-corrected chi connectivity index (χ4v) is 4.94. The van der Waals surface area contributed by atoms with Gasteiger partial charge in [-0.1, -0.05) is 60.7 Å². The molecule has 7 aromatic rings. The van der Waals surface area contributed by atoms with E-state index in [1.807, 2.05) is 98.2 Å². The second-order valence-corrected chi connectivity index (χ2v) is 9.55. The zero-order valence-corrected chi connectivity index (χ0v) is 21.5. The van der Waals surface area contributed by atoms with Gasteiger partial charge in [-0.2, -0.15) is 0 Å². The predicted molar refractivity (Wildman–Crippen MR) is 153 cm³/mol. The lowest BCUT2D eigenvalue weighted by molar-refractivity contribution is -0.660. The summed E-state index contributed by atoms with van der Waals surface area (Å²) in [5.74, 6) is 1.70. The molecule has 0 aliphatic rings. The summed E-state index contributed by atoms with van der Waals surface area (Å²) in [7, 11) is 2.05. The van der Waals surface area contributed by atoms with Gasteiger partial charge in [-0.3, -0.25) is 0 Å². The molecule has 6 nitrogen and oxygen atoms in total. The molecule has 7 rings (SSSR count). The number of benzene rings is 3. The molecule has 6 heteroatoms. The number of hydrogen-bond acceptors (Lipinski definition) is 5. The van der Waals surface area contributed by atoms with Crippen LogP contribution in [0, 0.1) is 6.92 Å². The van der Waals surface area contributed by atoms with Crippen LogP contribution >= 0.6 is 0 Å². The molecule has 39 heavy (non-hydrogen) atoms. The van der Waals surface area contributed by atoms with E-state index >= 15 is 0 Å². The van der Waals surface area contributed by atoms with Gasteiger partial charge >= 0.3 is 0 Å². The van der Waals surface area contributed by atoms with E-state index < -0.39 is 0 Å². The van der Waals surface area contributed by atoms with Gasteiger partial charge in [0.15, 0.2) is 23.7 Å². The molecule has 0 N–H and O–H groups in total. The fraction of sp³-hybridized carbons (Fsp3) is 0.0606. The number of fused-ring (bicyclic) bond motifs is 3. The second kappa shape index (κ2) is 9.26. The maximum atomic E-state index is 6.31. The van der Waals surface area contributed by atoms with Gasteiger partial charge in [0.2, 0.25) is 11.4 Å². The zero-order chi connectivity index (χ0) is 26.3. The Morgan fingerprint density at radius 2 is 1.26 bits per heavy atom. The molecule has 0 saturated heterocycles. The highest BCUT2D eigenvalue weighted by molar-refractivity contribution is 6.05. The number of rotatable bonds is 4.